The largest absolute Gasteiger partial charge is 0.393 e. The molecule has 16 heavy (non-hydrogen) atoms. The van der Waals surface area contributed by atoms with Crippen molar-refractivity contribution in [3.8, 4) is 0 Å². The van der Waals surface area contributed by atoms with Gasteiger partial charge in [0.25, 0.3) is 0 Å². The molecule has 1 heteroatoms. The van der Waals surface area contributed by atoms with E-state index in [4.69, 9.17) is 0 Å². The standard InChI is InChI=1S/C15H26O/c1-11(2)6-5-8-14(3)12-7-9-15(14,4)13(16)10-12/h6,12-13,16H,5,7-10H2,1-4H3/t12-,13+,14-,15-/m0/s1. The highest BCUT2D eigenvalue weighted by Crippen LogP contribution is 2.67. The molecule has 0 spiro atoms. The van der Waals surface area contributed by atoms with Gasteiger partial charge in [0.2, 0.25) is 0 Å². The third kappa shape index (κ3) is 1.55. The van der Waals surface area contributed by atoms with Crippen molar-refractivity contribution in [2.45, 2.75) is 65.9 Å². The molecule has 4 atom stereocenters. The van der Waals surface area contributed by atoms with Gasteiger partial charge in [-0.15, -0.1) is 0 Å². The topological polar surface area (TPSA) is 20.2 Å². The van der Waals surface area contributed by atoms with E-state index in [2.05, 4.69) is 33.8 Å². The summed E-state index contributed by atoms with van der Waals surface area (Å²) in [5, 5.41) is 10.2. The Morgan fingerprint density at radius 3 is 2.50 bits per heavy atom. The summed E-state index contributed by atoms with van der Waals surface area (Å²) in [6.45, 7) is 9.07. The Bertz CT molecular complexity index is 303. The van der Waals surface area contributed by atoms with Crippen LogP contribution >= 0.6 is 0 Å². The SMILES string of the molecule is CC(C)=CCC[C@@]1(C)[C@H]2CC[C@@]1(C)[C@H](O)C2. The second kappa shape index (κ2) is 3.87. The van der Waals surface area contributed by atoms with Crippen LogP contribution < -0.4 is 0 Å². The molecule has 2 fully saturated rings. The lowest BCUT2D eigenvalue weighted by Gasteiger charge is -2.40. The first-order valence-electron chi connectivity index (χ1n) is 6.71. The van der Waals surface area contributed by atoms with Crippen LogP contribution in [-0.2, 0) is 0 Å². The molecule has 0 aliphatic heterocycles. The molecule has 0 heterocycles. The minimum Gasteiger partial charge on any atom is -0.393 e. The van der Waals surface area contributed by atoms with Gasteiger partial charge in [-0.05, 0) is 62.7 Å². The lowest BCUT2D eigenvalue weighted by Crippen LogP contribution is -2.37. The lowest BCUT2D eigenvalue weighted by atomic mass is 9.66. The third-order valence-electron chi connectivity index (χ3n) is 5.68. The molecule has 2 saturated carbocycles. The van der Waals surface area contributed by atoms with E-state index in [0.717, 1.165) is 12.3 Å². The highest BCUT2D eigenvalue weighted by molar-refractivity contribution is 5.13. The van der Waals surface area contributed by atoms with Crippen LogP contribution in [0.1, 0.15) is 59.8 Å². The fraction of sp³-hybridized carbons (Fsp3) is 0.867. The van der Waals surface area contributed by atoms with Gasteiger partial charge in [0.1, 0.15) is 0 Å². The van der Waals surface area contributed by atoms with Crippen molar-refractivity contribution >= 4 is 0 Å². The van der Waals surface area contributed by atoms with Crippen molar-refractivity contribution in [1.29, 1.82) is 0 Å². The number of aliphatic hydroxyl groups excluding tert-OH is 1. The van der Waals surface area contributed by atoms with Gasteiger partial charge in [-0.3, -0.25) is 0 Å². The Balaban J connectivity index is 2.10. The second-order valence-corrected chi connectivity index (χ2v) is 6.64. The second-order valence-electron chi connectivity index (χ2n) is 6.64. The Kier molecular flexibility index (Phi) is 2.94. The molecule has 2 rings (SSSR count). The van der Waals surface area contributed by atoms with Crippen molar-refractivity contribution in [3.05, 3.63) is 11.6 Å². The van der Waals surface area contributed by atoms with Crippen LogP contribution in [0.25, 0.3) is 0 Å². The maximum absolute atomic E-state index is 10.2. The summed E-state index contributed by atoms with van der Waals surface area (Å²) in [7, 11) is 0. The fourth-order valence-electron chi connectivity index (χ4n) is 4.15. The zero-order valence-corrected chi connectivity index (χ0v) is 11.2. The summed E-state index contributed by atoms with van der Waals surface area (Å²) in [4.78, 5) is 0. The van der Waals surface area contributed by atoms with Crippen LogP contribution in [0.5, 0.6) is 0 Å². The molecule has 2 aliphatic rings. The molecule has 0 saturated heterocycles. The Morgan fingerprint density at radius 2 is 2.06 bits per heavy atom. The van der Waals surface area contributed by atoms with E-state index in [0.29, 0.717) is 5.41 Å². The van der Waals surface area contributed by atoms with Crippen LogP contribution in [0, 0.1) is 16.7 Å². The first kappa shape index (κ1) is 12.2. The molecule has 0 radical (unpaired) electrons. The molecule has 0 aromatic rings. The smallest absolute Gasteiger partial charge is 0.0601 e. The van der Waals surface area contributed by atoms with Crippen molar-refractivity contribution in [2.24, 2.45) is 16.7 Å². The number of allylic oxidation sites excluding steroid dienone is 2. The highest BCUT2D eigenvalue weighted by atomic mass is 16.3. The van der Waals surface area contributed by atoms with Crippen molar-refractivity contribution in [2.75, 3.05) is 0 Å². The summed E-state index contributed by atoms with van der Waals surface area (Å²) in [6.07, 6.45) is 8.32. The van der Waals surface area contributed by atoms with Crippen molar-refractivity contribution in [3.63, 3.8) is 0 Å². The molecule has 0 aromatic carbocycles. The van der Waals surface area contributed by atoms with E-state index in [1.54, 1.807) is 0 Å². The van der Waals surface area contributed by atoms with E-state index < -0.39 is 0 Å². The van der Waals surface area contributed by atoms with Gasteiger partial charge in [0, 0.05) is 0 Å². The molecule has 1 nitrogen and oxygen atoms in total. The van der Waals surface area contributed by atoms with E-state index in [9.17, 15) is 5.11 Å². The predicted octanol–water partition coefficient (Wildman–Crippen LogP) is 3.92. The fourth-order valence-corrected chi connectivity index (χ4v) is 4.15. The highest BCUT2D eigenvalue weighted by Gasteiger charge is 2.62. The quantitative estimate of drug-likeness (QED) is 0.718. The van der Waals surface area contributed by atoms with E-state index in [1.807, 2.05) is 0 Å². The Morgan fingerprint density at radius 1 is 1.38 bits per heavy atom. The van der Waals surface area contributed by atoms with Crippen LogP contribution in [0.3, 0.4) is 0 Å². The monoisotopic (exact) mass is 222 g/mol. The van der Waals surface area contributed by atoms with Gasteiger partial charge >= 0.3 is 0 Å². The summed E-state index contributed by atoms with van der Waals surface area (Å²) in [5.41, 5.74) is 1.98. The molecule has 1 N–H and O–H groups in total. The summed E-state index contributed by atoms with van der Waals surface area (Å²) in [6, 6.07) is 0. The van der Waals surface area contributed by atoms with E-state index >= 15 is 0 Å². The molecule has 0 unspecified atom stereocenters. The minimum absolute atomic E-state index is 0.0528. The molecule has 92 valence electrons. The molecule has 2 bridgehead atoms. The van der Waals surface area contributed by atoms with Gasteiger partial charge in [-0.1, -0.05) is 25.5 Å². The lowest BCUT2D eigenvalue weighted by molar-refractivity contribution is 0.00200. The van der Waals surface area contributed by atoms with E-state index in [1.165, 1.54) is 31.3 Å². The van der Waals surface area contributed by atoms with Crippen LogP contribution in [0.15, 0.2) is 11.6 Å². The molecule has 0 amide bonds. The van der Waals surface area contributed by atoms with Gasteiger partial charge in [0.05, 0.1) is 6.10 Å². The van der Waals surface area contributed by atoms with E-state index in [-0.39, 0.29) is 11.5 Å². The number of hydrogen-bond acceptors (Lipinski definition) is 1. The Hall–Kier alpha value is -0.300. The zero-order valence-electron chi connectivity index (χ0n) is 11.2. The minimum atomic E-state index is -0.0528. The summed E-state index contributed by atoms with van der Waals surface area (Å²) < 4.78 is 0. The maximum atomic E-state index is 10.2. The number of fused-ring (bicyclic) bond motifs is 2. The average molecular weight is 222 g/mol. The first-order chi connectivity index (χ1) is 7.40. The molecule has 2 aliphatic carbocycles. The first-order valence-corrected chi connectivity index (χ1v) is 6.71. The van der Waals surface area contributed by atoms with Gasteiger partial charge in [-0.2, -0.15) is 0 Å². The van der Waals surface area contributed by atoms with Crippen molar-refractivity contribution < 1.29 is 5.11 Å². The average Bonchev–Trinajstić information content (AvgIpc) is 2.52. The molecular weight excluding hydrogens is 196 g/mol. The number of hydrogen-bond donors (Lipinski definition) is 1. The van der Waals surface area contributed by atoms with Gasteiger partial charge in [-0.25, -0.2) is 0 Å². The number of aliphatic hydroxyl groups is 1. The van der Waals surface area contributed by atoms with Crippen LogP contribution in [0.4, 0.5) is 0 Å². The van der Waals surface area contributed by atoms with Crippen molar-refractivity contribution in [1.82, 2.24) is 0 Å². The van der Waals surface area contributed by atoms with Gasteiger partial charge in [0.15, 0.2) is 0 Å². The molecular formula is C15H26O. The van der Waals surface area contributed by atoms with Gasteiger partial charge < -0.3 is 5.11 Å². The third-order valence-corrected chi connectivity index (χ3v) is 5.68. The summed E-state index contributed by atoms with van der Waals surface area (Å²) >= 11 is 0. The maximum Gasteiger partial charge on any atom is 0.0601 e. The molecule has 0 aromatic heterocycles. The van der Waals surface area contributed by atoms with Crippen LogP contribution in [0.2, 0.25) is 0 Å². The number of rotatable bonds is 3. The zero-order chi connectivity index (χ0) is 12.0. The van der Waals surface area contributed by atoms with Crippen LogP contribution in [-0.4, -0.2) is 11.2 Å². The predicted molar refractivity (Wildman–Crippen MR) is 68.2 cm³/mol. The normalized spacial score (nSPS) is 46.1. The summed E-state index contributed by atoms with van der Waals surface area (Å²) in [5.74, 6) is 0.762. The Labute approximate surface area is 99.9 Å².